The summed E-state index contributed by atoms with van der Waals surface area (Å²) >= 11 is 1.99. The van der Waals surface area contributed by atoms with Crippen LogP contribution in [0.25, 0.3) is 0 Å². The average molecular weight is 346 g/mol. The van der Waals surface area contributed by atoms with Crippen molar-refractivity contribution in [3.05, 3.63) is 0 Å². The lowest BCUT2D eigenvalue weighted by atomic mass is 10.0. The van der Waals surface area contributed by atoms with Crippen LogP contribution in [0.5, 0.6) is 0 Å². The number of hydrogen-bond acceptors (Lipinski definition) is 3. The number of nitrogens with two attached hydrogens (primary N) is 1. The van der Waals surface area contributed by atoms with Gasteiger partial charge in [-0.3, -0.25) is 0 Å². The molecule has 2 N–H and O–H groups in total. The summed E-state index contributed by atoms with van der Waals surface area (Å²) in [6, 6.07) is 0. The summed E-state index contributed by atoms with van der Waals surface area (Å²) in [7, 11) is 0. The maximum absolute atomic E-state index is 5.38. The molecule has 3 heteroatoms. The minimum atomic E-state index is 0.650. The maximum Gasteiger partial charge on any atom is 0.0588 e. The first-order valence-corrected chi connectivity index (χ1v) is 11.5. The molecule has 2 nitrogen and oxygen atoms in total. The van der Waals surface area contributed by atoms with Gasteiger partial charge in [0.05, 0.1) is 6.61 Å². The summed E-state index contributed by atoms with van der Waals surface area (Å²) in [5, 5.41) is 0. The molecule has 0 aliphatic heterocycles. The molecule has 0 aliphatic rings. The molecule has 0 bridgehead atoms. The lowest BCUT2D eigenvalue weighted by Crippen LogP contribution is -2.08. The zero-order valence-electron chi connectivity index (χ0n) is 16.0. The first-order chi connectivity index (χ1) is 11.3. The van der Waals surface area contributed by atoms with Gasteiger partial charge in [0.2, 0.25) is 0 Å². The molecule has 1 atom stereocenters. The van der Waals surface area contributed by atoms with Crippen molar-refractivity contribution < 1.29 is 4.74 Å². The Hall–Kier alpha value is 0.270. The van der Waals surface area contributed by atoms with Crippen LogP contribution in [0, 0.1) is 5.92 Å². The second-order valence-electron chi connectivity index (χ2n) is 6.99. The van der Waals surface area contributed by atoms with Crippen LogP contribution in [0.2, 0.25) is 0 Å². The van der Waals surface area contributed by atoms with Crippen LogP contribution in [-0.2, 0) is 4.74 Å². The second kappa shape index (κ2) is 20.3. The fourth-order valence-electron chi connectivity index (χ4n) is 3.02. The van der Waals surface area contributed by atoms with Crippen LogP contribution in [0.3, 0.4) is 0 Å². The normalized spacial score (nSPS) is 12.7. The molecule has 23 heavy (non-hydrogen) atoms. The monoisotopic (exact) mass is 345 g/mol. The van der Waals surface area contributed by atoms with Crippen molar-refractivity contribution in [2.24, 2.45) is 11.7 Å². The van der Waals surface area contributed by atoms with Gasteiger partial charge in [-0.25, -0.2) is 0 Å². The Labute approximate surface area is 150 Å². The Morgan fingerprint density at radius 3 is 1.70 bits per heavy atom. The van der Waals surface area contributed by atoms with Crippen molar-refractivity contribution in [3.8, 4) is 0 Å². The molecule has 0 aromatic heterocycles. The highest BCUT2D eigenvalue weighted by Gasteiger charge is 2.00. The molecular weight excluding hydrogens is 302 g/mol. The van der Waals surface area contributed by atoms with Crippen LogP contribution in [-0.4, -0.2) is 31.8 Å². The van der Waals surface area contributed by atoms with Crippen LogP contribution in [0.1, 0.15) is 90.4 Å². The standard InChI is InChI=1S/C20H43NOS/c1-20(19-23-2)15-13-11-9-7-5-3-4-6-8-10-12-14-17-22-18-16-21/h20H,3-19,21H2,1-2H3. The number of unbranched alkanes of at least 4 members (excludes halogenated alkanes) is 11. The van der Waals surface area contributed by atoms with E-state index in [0.29, 0.717) is 6.54 Å². The Bertz CT molecular complexity index is 214. The SMILES string of the molecule is CSCC(C)CCCCCCCCCCCCCCOCCN. The summed E-state index contributed by atoms with van der Waals surface area (Å²) in [4.78, 5) is 0. The Kier molecular flexibility index (Phi) is 20.6. The fraction of sp³-hybridized carbons (Fsp3) is 1.00. The third kappa shape index (κ3) is 20.2. The van der Waals surface area contributed by atoms with Crippen LogP contribution >= 0.6 is 11.8 Å². The van der Waals surface area contributed by atoms with Crippen molar-refractivity contribution >= 4 is 11.8 Å². The van der Waals surface area contributed by atoms with Crippen molar-refractivity contribution in [3.63, 3.8) is 0 Å². The molecule has 0 fully saturated rings. The second-order valence-corrected chi connectivity index (χ2v) is 7.90. The molecule has 0 heterocycles. The third-order valence-electron chi connectivity index (χ3n) is 4.45. The molecule has 0 aromatic rings. The van der Waals surface area contributed by atoms with E-state index < -0.39 is 0 Å². The Morgan fingerprint density at radius 1 is 0.739 bits per heavy atom. The minimum absolute atomic E-state index is 0.650. The highest BCUT2D eigenvalue weighted by atomic mass is 32.2. The zero-order chi connectivity index (χ0) is 17.0. The molecule has 0 saturated heterocycles. The van der Waals surface area contributed by atoms with Crippen molar-refractivity contribution in [2.45, 2.75) is 90.4 Å². The molecule has 0 saturated carbocycles. The van der Waals surface area contributed by atoms with Gasteiger partial charge >= 0.3 is 0 Å². The summed E-state index contributed by atoms with van der Waals surface area (Å²) in [6.07, 6.45) is 20.5. The van der Waals surface area contributed by atoms with Crippen molar-refractivity contribution in [1.82, 2.24) is 0 Å². The molecule has 1 unspecified atom stereocenters. The van der Waals surface area contributed by atoms with Gasteiger partial charge in [0.25, 0.3) is 0 Å². The number of ether oxygens (including phenoxy) is 1. The minimum Gasteiger partial charge on any atom is -0.380 e. The molecule has 0 amide bonds. The summed E-state index contributed by atoms with van der Waals surface area (Å²) in [5.74, 6) is 2.25. The van der Waals surface area contributed by atoms with Gasteiger partial charge in [0.15, 0.2) is 0 Å². The maximum atomic E-state index is 5.38. The summed E-state index contributed by atoms with van der Waals surface area (Å²) in [5.41, 5.74) is 5.38. The van der Waals surface area contributed by atoms with Crippen LogP contribution in [0.15, 0.2) is 0 Å². The van der Waals surface area contributed by atoms with Gasteiger partial charge in [-0.2, -0.15) is 11.8 Å². The zero-order valence-corrected chi connectivity index (χ0v) is 16.8. The van der Waals surface area contributed by atoms with E-state index in [9.17, 15) is 0 Å². The van der Waals surface area contributed by atoms with E-state index >= 15 is 0 Å². The molecule has 140 valence electrons. The van der Waals surface area contributed by atoms with Gasteiger partial charge in [-0.05, 0) is 30.8 Å². The van der Waals surface area contributed by atoms with Crippen LogP contribution < -0.4 is 5.73 Å². The predicted octanol–water partition coefficient (Wildman–Crippen LogP) is 6.03. The predicted molar refractivity (Wildman–Crippen MR) is 107 cm³/mol. The smallest absolute Gasteiger partial charge is 0.0588 e. The van der Waals surface area contributed by atoms with Gasteiger partial charge < -0.3 is 10.5 Å². The molecule has 0 spiro atoms. The van der Waals surface area contributed by atoms with Crippen LogP contribution in [0.4, 0.5) is 0 Å². The topological polar surface area (TPSA) is 35.2 Å². The Balaban J connectivity index is 3.00. The lowest BCUT2D eigenvalue weighted by Gasteiger charge is -2.08. The molecule has 0 aromatic carbocycles. The first-order valence-electron chi connectivity index (χ1n) is 10.1. The van der Waals surface area contributed by atoms with Crippen molar-refractivity contribution in [1.29, 1.82) is 0 Å². The fourth-order valence-corrected chi connectivity index (χ4v) is 3.75. The van der Waals surface area contributed by atoms with E-state index in [1.807, 2.05) is 11.8 Å². The quantitative estimate of drug-likeness (QED) is 0.290. The lowest BCUT2D eigenvalue weighted by molar-refractivity contribution is 0.137. The van der Waals surface area contributed by atoms with Crippen molar-refractivity contribution in [2.75, 3.05) is 31.8 Å². The molecular formula is C20H43NOS. The van der Waals surface area contributed by atoms with E-state index in [0.717, 1.165) is 19.1 Å². The first kappa shape index (κ1) is 23.3. The van der Waals surface area contributed by atoms with E-state index in [1.165, 1.54) is 89.2 Å². The summed E-state index contributed by atoms with van der Waals surface area (Å²) in [6.45, 7) is 4.66. The third-order valence-corrected chi connectivity index (χ3v) is 5.35. The van der Waals surface area contributed by atoms with E-state index in [2.05, 4.69) is 13.2 Å². The number of hydrogen-bond donors (Lipinski definition) is 1. The highest BCUT2D eigenvalue weighted by molar-refractivity contribution is 7.98. The molecule has 0 rings (SSSR count). The molecule has 0 aliphatic carbocycles. The number of thioether (sulfide) groups is 1. The van der Waals surface area contributed by atoms with Gasteiger partial charge in [-0.1, -0.05) is 77.6 Å². The summed E-state index contributed by atoms with van der Waals surface area (Å²) < 4.78 is 5.38. The average Bonchev–Trinajstić information content (AvgIpc) is 2.54. The number of rotatable bonds is 19. The van der Waals surface area contributed by atoms with Gasteiger partial charge in [0, 0.05) is 13.2 Å². The van der Waals surface area contributed by atoms with E-state index in [-0.39, 0.29) is 0 Å². The van der Waals surface area contributed by atoms with Gasteiger partial charge in [0.1, 0.15) is 0 Å². The van der Waals surface area contributed by atoms with E-state index in [1.54, 1.807) is 0 Å². The Morgan fingerprint density at radius 2 is 1.22 bits per heavy atom. The highest BCUT2D eigenvalue weighted by Crippen LogP contribution is 2.16. The van der Waals surface area contributed by atoms with E-state index in [4.69, 9.17) is 10.5 Å². The molecule has 0 radical (unpaired) electrons. The van der Waals surface area contributed by atoms with Gasteiger partial charge in [-0.15, -0.1) is 0 Å². The largest absolute Gasteiger partial charge is 0.380 e.